The first-order chi connectivity index (χ1) is 7.56. The molecular formula is C13H18FNO. The van der Waals surface area contributed by atoms with Gasteiger partial charge < -0.3 is 0 Å². The van der Waals surface area contributed by atoms with Gasteiger partial charge in [0.2, 0.25) is 0 Å². The highest BCUT2D eigenvalue weighted by Gasteiger charge is 2.21. The summed E-state index contributed by atoms with van der Waals surface area (Å²) in [5, 5.41) is 0. The van der Waals surface area contributed by atoms with Crippen LogP contribution in [0.15, 0.2) is 24.3 Å². The number of hydrogen-bond donors (Lipinski definition) is 0. The fourth-order valence-electron chi connectivity index (χ4n) is 1.83. The Morgan fingerprint density at radius 3 is 2.62 bits per heavy atom. The molecular weight excluding hydrogens is 205 g/mol. The maximum absolute atomic E-state index is 13.1. The number of benzene rings is 1. The minimum atomic E-state index is -0.337. The maximum atomic E-state index is 13.1. The number of ketones is 1. The van der Waals surface area contributed by atoms with E-state index in [1.165, 1.54) is 12.1 Å². The Kier molecular flexibility index (Phi) is 4.62. The second-order valence-corrected chi connectivity index (χ2v) is 4.14. The van der Waals surface area contributed by atoms with E-state index < -0.39 is 0 Å². The summed E-state index contributed by atoms with van der Waals surface area (Å²) in [7, 11) is 3.67. The van der Waals surface area contributed by atoms with E-state index in [2.05, 4.69) is 0 Å². The standard InChI is InChI=1S/C13H18FNO/c1-4-6-12(16)13(15(2)3)10-7-5-8-11(14)9-10/h5,7-9,13H,4,6H2,1-3H3. The van der Waals surface area contributed by atoms with Gasteiger partial charge in [-0.1, -0.05) is 19.1 Å². The summed E-state index contributed by atoms with van der Waals surface area (Å²) in [6.07, 6.45) is 1.35. The first-order valence-corrected chi connectivity index (χ1v) is 5.51. The van der Waals surface area contributed by atoms with Crippen LogP contribution in [0.4, 0.5) is 4.39 Å². The van der Waals surface area contributed by atoms with Gasteiger partial charge in [-0.3, -0.25) is 9.69 Å². The van der Waals surface area contributed by atoms with E-state index in [-0.39, 0.29) is 17.6 Å². The van der Waals surface area contributed by atoms with Crippen LogP contribution >= 0.6 is 0 Å². The van der Waals surface area contributed by atoms with Crippen molar-refractivity contribution in [2.45, 2.75) is 25.8 Å². The third-order valence-corrected chi connectivity index (χ3v) is 2.48. The van der Waals surface area contributed by atoms with E-state index in [0.29, 0.717) is 6.42 Å². The molecule has 0 aliphatic heterocycles. The molecule has 0 aliphatic carbocycles. The molecule has 0 aromatic heterocycles. The fraction of sp³-hybridized carbons (Fsp3) is 0.462. The van der Waals surface area contributed by atoms with Crippen molar-refractivity contribution in [2.24, 2.45) is 0 Å². The second kappa shape index (κ2) is 5.75. The summed E-state index contributed by atoms with van der Waals surface area (Å²) in [4.78, 5) is 13.8. The molecule has 88 valence electrons. The average molecular weight is 223 g/mol. The van der Waals surface area contributed by atoms with E-state index in [0.717, 1.165) is 12.0 Å². The van der Waals surface area contributed by atoms with Crippen LogP contribution in [0, 0.1) is 5.82 Å². The highest BCUT2D eigenvalue weighted by atomic mass is 19.1. The quantitative estimate of drug-likeness (QED) is 0.765. The van der Waals surface area contributed by atoms with Crippen LogP contribution in [0.5, 0.6) is 0 Å². The monoisotopic (exact) mass is 223 g/mol. The zero-order chi connectivity index (χ0) is 12.1. The largest absolute Gasteiger partial charge is 0.298 e. The lowest BCUT2D eigenvalue weighted by Gasteiger charge is -2.23. The Labute approximate surface area is 96.1 Å². The SMILES string of the molecule is CCCC(=O)C(c1cccc(F)c1)N(C)C. The Morgan fingerprint density at radius 2 is 2.12 bits per heavy atom. The van der Waals surface area contributed by atoms with Gasteiger partial charge in [0.25, 0.3) is 0 Å². The molecule has 1 rings (SSSR count). The van der Waals surface area contributed by atoms with Crippen molar-refractivity contribution >= 4 is 5.78 Å². The normalized spacial score (nSPS) is 12.8. The Balaban J connectivity index is 2.98. The lowest BCUT2D eigenvalue weighted by Crippen LogP contribution is -2.27. The van der Waals surface area contributed by atoms with Crippen LogP contribution in [0.2, 0.25) is 0 Å². The number of Topliss-reactive ketones (excluding diaryl/α,β-unsaturated/α-hetero) is 1. The van der Waals surface area contributed by atoms with Gasteiger partial charge in [-0.2, -0.15) is 0 Å². The van der Waals surface area contributed by atoms with Crippen LogP contribution in [0.1, 0.15) is 31.4 Å². The zero-order valence-corrected chi connectivity index (χ0v) is 10.0. The van der Waals surface area contributed by atoms with Crippen molar-refractivity contribution in [1.29, 1.82) is 0 Å². The third-order valence-electron chi connectivity index (χ3n) is 2.48. The smallest absolute Gasteiger partial charge is 0.154 e. The van der Waals surface area contributed by atoms with E-state index in [1.54, 1.807) is 12.1 Å². The predicted molar refractivity (Wildman–Crippen MR) is 62.7 cm³/mol. The maximum Gasteiger partial charge on any atom is 0.154 e. The molecule has 1 atom stereocenters. The first kappa shape index (κ1) is 12.8. The molecule has 0 heterocycles. The minimum absolute atomic E-state index is 0.137. The molecule has 0 N–H and O–H groups in total. The van der Waals surface area contributed by atoms with E-state index in [9.17, 15) is 9.18 Å². The van der Waals surface area contributed by atoms with Gasteiger partial charge in [0, 0.05) is 6.42 Å². The minimum Gasteiger partial charge on any atom is -0.298 e. The highest BCUT2D eigenvalue weighted by molar-refractivity contribution is 5.85. The number of halogens is 1. The van der Waals surface area contributed by atoms with Crippen molar-refractivity contribution in [3.05, 3.63) is 35.6 Å². The Bertz CT molecular complexity index is 363. The number of hydrogen-bond acceptors (Lipinski definition) is 2. The van der Waals surface area contributed by atoms with Crippen LogP contribution in [0.25, 0.3) is 0 Å². The Morgan fingerprint density at radius 1 is 1.44 bits per heavy atom. The summed E-state index contributed by atoms with van der Waals surface area (Å²) in [5.74, 6) is -0.160. The third kappa shape index (κ3) is 3.14. The molecule has 0 saturated heterocycles. The molecule has 2 nitrogen and oxygen atoms in total. The van der Waals surface area contributed by atoms with Crippen LogP contribution in [-0.2, 0) is 4.79 Å². The number of rotatable bonds is 5. The van der Waals surface area contributed by atoms with Crippen molar-refractivity contribution < 1.29 is 9.18 Å². The molecule has 0 bridgehead atoms. The van der Waals surface area contributed by atoms with Gasteiger partial charge in [-0.15, -0.1) is 0 Å². The summed E-state index contributed by atoms with van der Waals surface area (Å²) in [6.45, 7) is 1.97. The molecule has 1 unspecified atom stereocenters. The molecule has 0 aliphatic rings. The van der Waals surface area contributed by atoms with Crippen molar-refractivity contribution in [2.75, 3.05) is 14.1 Å². The number of carbonyl (C=O) groups is 1. The van der Waals surface area contributed by atoms with E-state index in [4.69, 9.17) is 0 Å². The first-order valence-electron chi connectivity index (χ1n) is 5.51. The second-order valence-electron chi connectivity index (χ2n) is 4.14. The van der Waals surface area contributed by atoms with Crippen molar-refractivity contribution in [3.63, 3.8) is 0 Å². The predicted octanol–water partition coefficient (Wildman–Crippen LogP) is 2.80. The van der Waals surface area contributed by atoms with Crippen LogP contribution < -0.4 is 0 Å². The summed E-state index contributed by atoms with van der Waals surface area (Å²) >= 11 is 0. The topological polar surface area (TPSA) is 20.3 Å². The molecule has 0 saturated carbocycles. The number of likely N-dealkylation sites (N-methyl/N-ethyl adjacent to an activating group) is 1. The van der Waals surface area contributed by atoms with Crippen LogP contribution in [0.3, 0.4) is 0 Å². The molecule has 0 amide bonds. The number of nitrogens with zero attached hydrogens (tertiary/aromatic N) is 1. The number of carbonyl (C=O) groups excluding carboxylic acids is 1. The summed E-state index contributed by atoms with van der Waals surface area (Å²) in [5.41, 5.74) is 0.725. The summed E-state index contributed by atoms with van der Waals surface area (Å²) in [6, 6.07) is 5.91. The molecule has 1 aromatic rings. The highest BCUT2D eigenvalue weighted by Crippen LogP contribution is 2.21. The van der Waals surface area contributed by atoms with Gasteiger partial charge in [-0.25, -0.2) is 4.39 Å². The van der Waals surface area contributed by atoms with Crippen molar-refractivity contribution in [1.82, 2.24) is 4.90 Å². The van der Waals surface area contributed by atoms with Gasteiger partial charge in [-0.05, 0) is 38.2 Å². The molecule has 3 heteroatoms. The molecule has 0 fully saturated rings. The van der Waals surface area contributed by atoms with E-state index >= 15 is 0 Å². The molecule has 0 spiro atoms. The van der Waals surface area contributed by atoms with Gasteiger partial charge in [0.05, 0.1) is 6.04 Å². The lowest BCUT2D eigenvalue weighted by molar-refractivity contribution is -0.123. The Hall–Kier alpha value is -1.22. The van der Waals surface area contributed by atoms with E-state index in [1.807, 2.05) is 25.9 Å². The molecule has 1 aromatic carbocycles. The van der Waals surface area contributed by atoms with Crippen molar-refractivity contribution in [3.8, 4) is 0 Å². The van der Waals surface area contributed by atoms with Gasteiger partial charge in [0.1, 0.15) is 5.82 Å². The summed E-state index contributed by atoms with van der Waals surface area (Å²) < 4.78 is 13.1. The lowest BCUT2D eigenvalue weighted by atomic mass is 9.99. The van der Waals surface area contributed by atoms with Gasteiger partial charge >= 0.3 is 0 Å². The van der Waals surface area contributed by atoms with Gasteiger partial charge in [0.15, 0.2) is 5.78 Å². The molecule has 0 radical (unpaired) electrons. The zero-order valence-electron chi connectivity index (χ0n) is 10.0. The van der Waals surface area contributed by atoms with Crippen LogP contribution in [-0.4, -0.2) is 24.8 Å². The average Bonchev–Trinajstić information content (AvgIpc) is 2.17. The molecule has 16 heavy (non-hydrogen) atoms. The fourth-order valence-corrected chi connectivity index (χ4v) is 1.83.